The highest BCUT2D eigenvalue weighted by molar-refractivity contribution is 5.91. The minimum absolute atomic E-state index is 0.0470. The largest absolute Gasteiger partial charge is 0.323 e. The highest BCUT2D eigenvalue weighted by Gasteiger charge is 2.18. The summed E-state index contributed by atoms with van der Waals surface area (Å²) in [5, 5.41) is 22.3. The second kappa shape index (κ2) is 8.03. The number of amides is 1. The summed E-state index contributed by atoms with van der Waals surface area (Å²) in [7, 11) is 0. The molecule has 0 aliphatic rings. The topological polar surface area (TPSA) is 108 Å². The van der Waals surface area contributed by atoms with E-state index in [0.29, 0.717) is 17.9 Å². The zero-order valence-electron chi connectivity index (χ0n) is 16.0. The monoisotopic (exact) mass is 382 g/mol. The van der Waals surface area contributed by atoms with Gasteiger partial charge in [0.15, 0.2) is 0 Å². The molecule has 9 heteroatoms. The third kappa shape index (κ3) is 4.08. The fraction of sp³-hybridized carbons (Fsp3) is 0.316. The molecule has 0 radical (unpaired) electrons. The normalized spacial score (nSPS) is 10.8. The molecule has 3 rings (SSSR count). The number of carbonyl (C=O) groups excluding carboxylic acids is 1. The highest BCUT2D eigenvalue weighted by atomic mass is 16.6. The Hall–Kier alpha value is -3.49. The molecular formula is C19H22N6O3. The first-order valence-electron chi connectivity index (χ1n) is 8.91. The predicted molar refractivity (Wildman–Crippen MR) is 104 cm³/mol. The summed E-state index contributed by atoms with van der Waals surface area (Å²) in [6.07, 6.45) is 1.36. The SMILES string of the molecule is Cc1nn(Cc2ccccc2)c(C)c1NC(=O)CCn1ncc([N+](=O)[O-])c1C. The van der Waals surface area contributed by atoms with Crippen LogP contribution in [0.5, 0.6) is 0 Å². The van der Waals surface area contributed by atoms with Crippen molar-refractivity contribution in [2.24, 2.45) is 0 Å². The lowest BCUT2D eigenvalue weighted by molar-refractivity contribution is -0.385. The zero-order valence-corrected chi connectivity index (χ0v) is 16.0. The summed E-state index contributed by atoms with van der Waals surface area (Å²) >= 11 is 0. The van der Waals surface area contributed by atoms with E-state index in [9.17, 15) is 14.9 Å². The fourth-order valence-corrected chi connectivity index (χ4v) is 3.04. The summed E-state index contributed by atoms with van der Waals surface area (Å²) in [6.45, 7) is 6.27. The predicted octanol–water partition coefficient (Wildman–Crippen LogP) is 2.99. The summed E-state index contributed by atoms with van der Waals surface area (Å²) in [4.78, 5) is 22.8. The van der Waals surface area contributed by atoms with Crippen molar-refractivity contribution in [2.45, 2.75) is 40.3 Å². The van der Waals surface area contributed by atoms with E-state index in [1.54, 1.807) is 6.92 Å². The van der Waals surface area contributed by atoms with Gasteiger partial charge in [-0.2, -0.15) is 10.2 Å². The Kier molecular flexibility index (Phi) is 5.53. The summed E-state index contributed by atoms with van der Waals surface area (Å²) < 4.78 is 3.33. The molecule has 0 fully saturated rings. The molecule has 2 aromatic heterocycles. The number of rotatable bonds is 7. The molecule has 2 heterocycles. The van der Waals surface area contributed by atoms with E-state index in [1.807, 2.05) is 48.9 Å². The van der Waals surface area contributed by atoms with Crippen LogP contribution in [0, 0.1) is 30.9 Å². The maximum atomic E-state index is 12.4. The van der Waals surface area contributed by atoms with E-state index < -0.39 is 4.92 Å². The van der Waals surface area contributed by atoms with Gasteiger partial charge in [-0.3, -0.25) is 24.3 Å². The van der Waals surface area contributed by atoms with Gasteiger partial charge in [-0.15, -0.1) is 0 Å². The van der Waals surface area contributed by atoms with Crippen LogP contribution in [0.25, 0.3) is 0 Å². The van der Waals surface area contributed by atoms with E-state index in [-0.39, 0.29) is 24.6 Å². The third-order valence-electron chi connectivity index (χ3n) is 4.65. The number of nitrogens with one attached hydrogen (secondary N) is 1. The van der Waals surface area contributed by atoms with Crippen LogP contribution in [-0.2, 0) is 17.9 Å². The maximum Gasteiger partial charge on any atom is 0.309 e. The number of carbonyl (C=O) groups is 1. The second-order valence-corrected chi connectivity index (χ2v) is 6.58. The van der Waals surface area contributed by atoms with Crippen LogP contribution in [0.3, 0.4) is 0 Å². The van der Waals surface area contributed by atoms with Crippen molar-refractivity contribution in [1.82, 2.24) is 19.6 Å². The summed E-state index contributed by atoms with van der Waals surface area (Å²) in [5.74, 6) is -0.192. The van der Waals surface area contributed by atoms with Gasteiger partial charge in [-0.05, 0) is 26.3 Å². The van der Waals surface area contributed by atoms with Crippen LogP contribution in [-0.4, -0.2) is 30.4 Å². The van der Waals surface area contributed by atoms with Crippen LogP contribution in [0.4, 0.5) is 11.4 Å². The number of anilines is 1. The molecule has 9 nitrogen and oxygen atoms in total. The number of benzene rings is 1. The third-order valence-corrected chi connectivity index (χ3v) is 4.65. The average Bonchev–Trinajstić information content (AvgIpc) is 3.15. The smallest absolute Gasteiger partial charge is 0.309 e. The van der Waals surface area contributed by atoms with Crippen molar-refractivity contribution in [3.05, 3.63) is 69.3 Å². The molecule has 28 heavy (non-hydrogen) atoms. The first kappa shape index (κ1) is 19.3. The van der Waals surface area contributed by atoms with Crippen LogP contribution in [0.15, 0.2) is 36.5 Å². The van der Waals surface area contributed by atoms with Gasteiger partial charge in [0.25, 0.3) is 0 Å². The molecule has 1 N–H and O–H groups in total. The number of hydrogen-bond acceptors (Lipinski definition) is 5. The van der Waals surface area contributed by atoms with Gasteiger partial charge < -0.3 is 5.32 Å². The minimum Gasteiger partial charge on any atom is -0.323 e. The quantitative estimate of drug-likeness (QED) is 0.499. The maximum absolute atomic E-state index is 12.4. The van der Waals surface area contributed by atoms with E-state index in [1.165, 1.54) is 10.9 Å². The molecule has 0 aliphatic heterocycles. The minimum atomic E-state index is -0.479. The number of nitro groups is 1. The lowest BCUT2D eigenvalue weighted by atomic mass is 10.2. The van der Waals surface area contributed by atoms with Crippen LogP contribution >= 0.6 is 0 Å². The number of nitrogens with zero attached hydrogens (tertiary/aromatic N) is 5. The van der Waals surface area contributed by atoms with E-state index in [4.69, 9.17) is 0 Å². The van der Waals surface area contributed by atoms with Gasteiger partial charge in [0.05, 0.1) is 35.1 Å². The van der Waals surface area contributed by atoms with Crippen molar-refractivity contribution >= 4 is 17.3 Å². The molecule has 0 aliphatic carbocycles. The number of hydrogen-bond donors (Lipinski definition) is 1. The molecule has 1 aromatic carbocycles. The van der Waals surface area contributed by atoms with Crippen molar-refractivity contribution < 1.29 is 9.72 Å². The number of aromatic nitrogens is 4. The van der Waals surface area contributed by atoms with Gasteiger partial charge in [0, 0.05) is 6.42 Å². The Morgan fingerprint density at radius 1 is 1.14 bits per heavy atom. The second-order valence-electron chi connectivity index (χ2n) is 6.58. The molecule has 0 spiro atoms. The molecule has 146 valence electrons. The molecule has 0 bridgehead atoms. The lowest BCUT2D eigenvalue weighted by Gasteiger charge is -2.08. The standard InChI is InChI=1S/C19H22N6O3/c1-13-19(15(3)24(22-13)12-16-7-5-4-6-8-16)21-18(26)9-10-23-14(2)17(11-20-23)25(27)28/h4-8,11H,9-10,12H2,1-3H3,(H,21,26). The van der Waals surface area contributed by atoms with Crippen LogP contribution < -0.4 is 5.32 Å². The van der Waals surface area contributed by atoms with Crippen LogP contribution in [0.1, 0.15) is 29.1 Å². The Morgan fingerprint density at radius 3 is 2.50 bits per heavy atom. The van der Waals surface area contributed by atoms with Crippen LogP contribution in [0.2, 0.25) is 0 Å². The first-order valence-corrected chi connectivity index (χ1v) is 8.91. The highest BCUT2D eigenvalue weighted by Crippen LogP contribution is 2.21. The Labute approximate surface area is 162 Å². The number of aryl methyl sites for hydroxylation is 2. The molecular weight excluding hydrogens is 360 g/mol. The van der Waals surface area contributed by atoms with Crippen molar-refractivity contribution in [1.29, 1.82) is 0 Å². The zero-order chi connectivity index (χ0) is 20.3. The molecule has 0 atom stereocenters. The fourth-order valence-electron chi connectivity index (χ4n) is 3.04. The molecule has 0 unspecified atom stereocenters. The summed E-state index contributed by atoms with van der Waals surface area (Å²) in [5.41, 5.74) is 3.83. The van der Waals surface area contributed by atoms with Crippen molar-refractivity contribution in [3.8, 4) is 0 Å². The lowest BCUT2D eigenvalue weighted by Crippen LogP contribution is -2.16. The molecule has 3 aromatic rings. The van der Waals surface area contributed by atoms with Gasteiger partial charge in [-0.25, -0.2) is 0 Å². The van der Waals surface area contributed by atoms with Gasteiger partial charge in [-0.1, -0.05) is 30.3 Å². The van der Waals surface area contributed by atoms with E-state index in [2.05, 4.69) is 15.5 Å². The van der Waals surface area contributed by atoms with Gasteiger partial charge in [0.2, 0.25) is 5.91 Å². The van der Waals surface area contributed by atoms with Crippen molar-refractivity contribution in [2.75, 3.05) is 5.32 Å². The van der Waals surface area contributed by atoms with E-state index in [0.717, 1.165) is 17.0 Å². The summed E-state index contributed by atoms with van der Waals surface area (Å²) in [6, 6.07) is 9.98. The molecule has 1 amide bonds. The first-order chi connectivity index (χ1) is 13.4. The van der Waals surface area contributed by atoms with Gasteiger partial charge in [0.1, 0.15) is 11.9 Å². The van der Waals surface area contributed by atoms with Crippen molar-refractivity contribution in [3.63, 3.8) is 0 Å². The molecule has 0 saturated carbocycles. The Morgan fingerprint density at radius 2 is 1.86 bits per heavy atom. The Bertz CT molecular complexity index is 1010. The Balaban J connectivity index is 1.65. The molecule has 0 saturated heterocycles. The van der Waals surface area contributed by atoms with E-state index >= 15 is 0 Å². The average molecular weight is 382 g/mol. The van der Waals surface area contributed by atoms with Gasteiger partial charge >= 0.3 is 5.69 Å².